The lowest BCUT2D eigenvalue weighted by molar-refractivity contribution is -0.126. The molecule has 1 aromatic heterocycles. The number of piperidine rings is 1. The zero-order valence-electron chi connectivity index (χ0n) is 19.1. The normalized spacial score (nSPS) is 19.7. The fourth-order valence-electron chi connectivity index (χ4n) is 4.52. The van der Waals surface area contributed by atoms with E-state index in [1.165, 1.54) is 6.07 Å². The van der Waals surface area contributed by atoms with Gasteiger partial charge in [0.15, 0.2) is 0 Å². The van der Waals surface area contributed by atoms with Crippen LogP contribution in [0.5, 0.6) is 0 Å². The maximum Gasteiger partial charge on any atom is 0.224 e. The Morgan fingerprint density at radius 3 is 2.62 bits per heavy atom. The fourth-order valence-corrected chi connectivity index (χ4v) is 4.52. The Bertz CT molecular complexity index is 904. The molecule has 3 heterocycles. The quantitative estimate of drug-likeness (QED) is 0.711. The van der Waals surface area contributed by atoms with E-state index in [9.17, 15) is 9.18 Å². The zero-order chi connectivity index (χ0) is 22.5. The summed E-state index contributed by atoms with van der Waals surface area (Å²) in [6.45, 7) is 8.73. The Morgan fingerprint density at radius 2 is 1.91 bits per heavy atom. The van der Waals surface area contributed by atoms with Gasteiger partial charge in [0.1, 0.15) is 5.82 Å². The Kier molecular flexibility index (Phi) is 7.55. The number of benzene rings is 1. The number of amides is 1. The van der Waals surface area contributed by atoms with Gasteiger partial charge in [-0.15, -0.1) is 0 Å². The molecule has 0 bridgehead atoms. The third kappa shape index (κ3) is 5.74. The number of ether oxygens (including phenoxy) is 1. The summed E-state index contributed by atoms with van der Waals surface area (Å²) in [5.41, 5.74) is 2.25. The third-order valence-electron chi connectivity index (χ3n) is 6.53. The van der Waals surface area contributed by atoms with E-state index < -0.39 is 0 Å². The van der Waals surface area contributed by atoms with Gasteiger partial charge in [-0.25, -0.2) is 4.39 Å². The molecular weight excluding hydrogens is 409 g/mol. The maximum absolute atomic E-state index is 14.1. The second-order valence-corrected chi connectivity index (χ2v) is 9.00. The Labute approximate surface area is 189 Å². The first-order valence-electron chi connectivity index (χ1n) is 11.6. The fraction of sp³-hybridized carbons (Fsp3) is 0.583. The lowest BCUT2D eigenvalue weighted by Gasteiger charge is -2.33. The topological polar surface area (TPSA) is 62.6 Å². The average molecular weight is 444 g/mol. The molecule has 2 aromatic rings. The van der Waals surface area contributed by atoms with Crippen molar-refractivity contribution in [3.05, 3.63) is 41.8 Å². The molecule has 1 N–H and O–H groups in total. The summed E-state index contributed by atoms with van der Waals surface area (Å²) in [4.78, 5) is 17.3. The van der Waals surface area contributed by atoms with Crippen molar-refractivity contribution in [2.45, 2.75) is 32.4 Å². The highest BCUT2D eigenvalue weighted by Crippen LogP contribution is 2.23. The molecule has 1 aromatic carbocycles. The van der Waals surface area contributed by atoms with Gasteiger partial charge in [0.2, 0.25) is 5.91 Å². The standard InChI is InChI=1S/C24H34FN5O2/c1-18(16-30-11-13-32-14-12-30)24(31)26-19-7-9-29(10-8-19)17-20-15-23(27-28(20)2)21-5-3-4-6-22(21)25/h3-6,15,18-19H,7-14,16-17H2,1-2H3,(H,26,31). The van der Waals surface area contributed by atoms with E-state index in [0.717, 1.165) is 71.0 Å². The molecule has 2 fully saturated rings. The Hall–Kier alpha value is -2.29. The predicted octanol–water partition coefficient (Wildman–Crippen LogP) is 2.28. The molecular formula is C24H34FN5O2. The van der Waals surface area contributed by atoms with Gasteiger partial charge >= 0.3 is 0 Å². The molecule has 0 saturated carbocycles. The third-order valence-corrected chi connectivity index (χ3v) is 6.53. The van der Waals surface area contributed by atoms with Crippen molar-refractivity contribution < 1.29 is 13.9 Å². The van der Waals surface area contributed by atoms with E-state index >= 15 is 0 Å². The Morgan fingerprint density at radius 1 is 1.19 bits per heavy atom. The molecule has 1 amide bonds. The summed E-state index contributed by atoms with van der Waals surface area (Å²) < 4.78 is 21.3. The maximum atomic E-state index is 14.1. The molecule has 2 aliphatic rings. The molecule has 0 aliphatic carbocycles. The number of hydrogen-bond donors (Lipinski definition) is 1. The van der Waals surface area contributed by atoms with E-state index in [-0.39, 0.29) is 23.7 Å². The van der Waals surface area contributed by atoms with Gasteiger partial charge in [0, 0.05) is 63.8 Å². The minimum Gasteiger partial charge on any atom is -0.379 e. The molecule has 4 rings (SSSR count). The van der Waals surface area contributed by atoms with Crippen LogP contribution in [0.25, 0.3) is 11.3 Å². The minimum atomic E-state index is -0.253. The van der Waals surface area contributed by atoms with Crippen molar-refractivity contribution in [3.8, 4) is 11.3 Å². The van der Waals surface area contributed by atoms with Crippen molar-refractivity contribution in [3.63, 3.8) is 0 Å². The number of aryl methyl sites for hydroxylation is 1. The first kappa shape index (κ1) is 22.9. The molecule has 0 radical (unpaired) electrons. The van der Waals surface area contributed by atoms with Gasteiger partial charge in [0.05, 0.1) is 24.6 Å². The molecule has 2 saturated heterocycles. The monoisotopic (exact) mass is 443 g/mol. The number of nitrogens with zero attached hydrogens (tertiary/aromatic N) is 4. The van der Waals surface area contributed by atoms with Gasteiger partial charge < -0.3 is 10.1 Å². The SMILES string of the molecule is CC(CN1CCOCC1)C(=O)NC1CCN(Cc2cc(-c3ccccc3F)nn2C)CC1. The molecule has 8 heteroatoms. The summed E-state index contributed by atoms with van der Waals surface area (Å²) >= 11 is 0. The van der Waals surface area contributed by atoms with Crippen LogP contribution in [0.2, 0.25) is 0 Å². The van der Waals surface area contributed by atoms with E-state index in [0.29, 0.717) is 11.3 Å². The number of aromatic nitrogens is 2. The smallest absolute Gasteiger partial charge is 0.224 e. The number of rotatable bonds is 7. The first-order valence-corrected chi connectivity index (χ1v) is 11.6. The average Bonchev–Trinajstić information content (AvgIpc) is 3.16. The number of morpholine rings is 1. The van der Waals surface area contributed by atoms with E-state index in [1.54, 1.807) is 12.1 Å². The van der Waals surface area contributed by atoms with Gasteiger partial charge in [-0.3, -0.25) is 19.3 Å². The van der Waals surface area contributed by atoms with Gasteiger partial charge in [-0.1, -0.05) is 19.1 Å². The van der Waals surface area contributed by atoms with Crippen LogP contribution in [-0.4, -0.2) is 77.5 Å². The van der Waals surface area contributed by atoms with Crippen LogP contribution in [0.15, 0.2) is 30.3 Å². The van der Waals surface area contributed by atoms with Crippen LogP contribution in [0.1, 0.15) is 25.5 Å². The lowest BCUT2D eigenvalue weighted by atomic mass is 10.0. The zero-order valence-corrected chi connectivity index (χ0v) is 19.1. The van der Waals surface area contributed by atoms with Crippen molar-refractivity contribution >= 4 is 5.91 Å². The van der Waals surface area contributed by atoms with Crippen LogP contribution >= 0.6 is 0 Å². The highest BCUT2D eigenvalue weighted by molar-refractivity contribution is 5.78. The van der Waals surface area contributed by atoms with E-state index in [1.807, 2.05) is 30.8 Å². The van der Waals surface area contributed by atoms with Crippen LogP contribution in [0.4, 0.5) is 4.39 Å². The second kappa shape index (κ2) is 10.6. The van der Waals surface area contributed by atoms with Gasteiger partial charge in [-0.05, 0) is 31.0 Å². The summed E-state index contributed by atoms with van der Waals surface area (Å²) in [5.74, 6) is -0.120. The number of likely N-dealkylation sites (tertiary alicyclic amines) is 1. The van der Waals surface area contributed by atoms with Crippen LogP contribution in [-0.2, 0) is 23.1 Å². The summed E-state index contributed by atoms with van der Waals surface area (Å²) in [6, 6.07) is 8.94. The number of carbonyl (C=O) groups excluding carboxylic acids is 1. The summed E-state index contributed by atoms with van der Waals surface area (Å²) in [5, 5.41) is 7.76. The molecule has 1 atom stereocenters. The van der Waals surface area contributed by atoms with E-state index in [4.69, 9.17) is 4.74 Å². The van der Waals surface area contributed by atoms with Crippen LogP contribution in [0.3, 0.4) is 0 Å². The first-order chi connectivity index (χ1) is 15.5. The molecule has 7 nitrogen and oxygen atoms in total. The van der Waals surface area contributed by atoms with Crippen molar-refractivity contribution in [1.82, 2.24) is 24.9 Å². The van der Waals surface area contributed by atoms with Crippen molar-refractivity contribution in [2.24, 2.45) is 13.0 Å². The van der Waals surface area contributed by atoms with Crippen LogP contribution < -0.4 is 5.32 Å². The highest BCUT2D eigenvalue weighted by Gasteiger charge is 2.25. The summed E-state index contributed by atoms with van der Waals surface area (Å²) in [7, 11) is 1.91. The molecule has 174 valence electrons. The highest BCUT2D eigenvalue weighted by atomic mass is 19.1. The minimum absolute atomic E-state index is 0.0163. The molecule has 1 unspecified atom stereocenters. The number of nitrogens with one attached hydrogen (secondary N) is 1. The van der Waals surface area contributed by atoms with Crippen LogP contribution in [0, 0.1) is 11.7 Å². The predicted molar refractivity (Wildman–Crippen MR) is 121 cm³/mol. The molecule has 32 heavy (non-hydrogen) atoms. The van der Waals surface area contributed by atoms with Crippen molar-refractivity contribution in [1.29, 1.82) is 0 Å². The van der Waals surface area contributed by atoms with Crippen molar-refractivity contribution in [2.75, 3.05) is 45.9 Å². The second-order valence-electron chi connectivity index (χ2n) is 9.00. The lowest BCUT2D eigenvalue weighted by Crippen LogP contribution is -2.48. The number of carbonyl (C=O) groups is 1. The van der Waals surface area contributed by atoms with Gasteiger partial charge in [-0.2, -0.15) is 5.10 Å². The largest absolute Gasteiger partial charge is 0.379 e. The van der Waals surface area contributed by atoms with Gasteiger partial charge in [0.25, 0.3) is 0 Å². The van der Waals surface area contributed by atoms with E-state index in [2.05, 4.69) is 20.2 Å². The summed E-state index contributed by atoms with van der Waals surface area (Å²) in [6.07, 6.45) is 1.88. The Balaban J connectivity index is 1.24. The number of hydrogen-bond acceptors (Lipinski definition) is 5. The number of halogens is 1. The molecule has 0 spiro atoms. The molecule has 2 aliphatic heterocycles.